The third kappa shape index (κ3) is 4.00. The molecule has 0 N–H and O–H groups in total. The molecule has 0 saturated heterocycles. The summed E-state index contributed by atoms with van der Waals surface area (Å²) < 4.78 is 31.5. The first-order valence-corrected chi connectivity index (χ1v) is 6.23. The highest BCUT2D eigenvalue weighted by atomic mass is 32.2. The zero-order valence-corrected chi connectivity index (χ0v) is 10.3. The number of alkyl halides is 1. The van der Waals surface area contributed by atoms with E-state index in [0.29, 0.717) is 18.5 Å². The Kier molecular flexibility index (Phi) is 5.60. The standard InChI is InChI=1S/C12H16F2OS/c1-3-5-12(14)16-15-11-8-9(4-2)6-7-10(11)13/h6-8,12H,3-5H2,1-2H3. The monoisotopic (exact) mass is 246 g/mol. The van der Waals surface area contributed by atoms with Crippen molar-refractivity contribution in [3.63, 3.8) is 0 Å². The number of aryl methyl sites for hydroxylation is 1. The van der Waals surface area contributed by atoms with Gasteiger partial charge < -0.3 is 4.18 Å². The summed E-state index contributed by atoms with van der Waals surface area (Å²) in [5.41, 5.74) is -0.127. The van der Waals surface area contributed by atoms with Gasteiger partial charge in [-0.3, -0.25) is 0 Å². The smallest absolute Gasteiger partial charge is 0.182 e. The molecule has 0 spiro atoms. The molecule has 1 aromatic carbocycles. The molecule has 0 aromatic heterocycles. The molecular formula is C12H16F2OS. The minimum Gasteiger partial charge on any atom is -0.420 e. The summed E-state index contributed by atoms with van der Waals surface area (Å²) in [6.07, 6.45) is 1.96. The summed E-state index contributed by atoms with van der Waals surface area (Å²) in [7, 11) is 0. The van der Waals surface area contributed by atoms with Crippen LogP contribution in [0.4, 0.5) is 8.78 Å². The highest BCUT2D eigenvalue weighted by Crippen LogP contribution is 2.26. The first kappa shape index (κ1) is 13.3. The predicted octanol–water partition coefficient (Wildman–Crippen LogP) is 4.51. The van der Waals surface area contributed by atoms with Crippen LogP contribution in [0.1, 0.15) is 32.3 Å². The second-order valence-electron chi connectivity index (χ2n) is 3.50. The van der Waals surface area contributed by atoms with Crippen LogP contribution in [0.3, 0.4) is 0 Å². The third-order valence-corrected chi connectivity index (χ3v) is 2.88. The van der Waals surface area contributed by atoms with Crippen molar-refractivity contribution in [2.24, 2.45) is 0 Å². The number of hydrogen-bond donors (Lipinski definition) is 0. The topological polar surface area (TPSA) is 9.23 Å². The van der Waals surface area contributed by atoms with Crippen molar-refractivity contribution in [3.05, 3.63) is 29.6 Å². The van der Waals surface area contributed by atoms with Gasteiger partial charge in [0, 0.05) is 0 Å². The van der Waals surface area contributed by atoms with E-state index >= 15 is 0 Å². The van der Waals surface area contributed by atoms with Gasteiger partial charge in [0.2, 0.25) is 0 Å². The van der Waals surface area contributed by atoms with Gasteiger partial charge >= 0.3 is 0 Å². The summed E-state index contributed by atoms with van der Waals surface area (Å²) in [4.78, 5) is 0. The van der Waals surface area contributed by atoms with Gasteiger partial charge in [0.1, 0.15) is 0 Å². The number of halogens is 2. The molecule has 1 rings (SSSR count). The Bertz CT molecular complexity index is 331. The lowest BCUT2D eigenvalue weighted by atomic mass is 10.1. The summed E-state index contributed by atoms with van der Waals surface area (Å²) >= 11 is 0.681. The van der Waals surface area contributed by atoms with Gasteiger partial charge in [-0.25, -0.2) is 8.78 Å². The van der Waals surface area contributed by atoms with Crippen LogP contribution in [0.25, 0.3) is 0 Å². The van der Waals surface area contributed by atoms with E-state index < -0.39 is 11.3 Å². The number of rotatable bonds is 6. The summed E-state index contributed by atoms with van der Waals surface area (Å²) in [5, 5.41) is 0. The third-order valence-electron chi connectivity index (χ3n) is 2.16. The first-order chi connectivity index (χ1) is 7.67. The lowest BCUT2D eigenvalue weighted by molar-refractivity contribution is 0.409. The quantitative estimate of drug-likeness (QED) is 0.683. The summed E-state index contributed by atoms with van der Waals surface area (Å²) in [5.74, 6) is -0.337. The van der Waals surface area contributed by atoms with Crippen LogP contribution >= 0.6 is 12.0 Å². The highest BCUT2D eigenvalue weighted by Gasteiger charge is 2.10. The molecule has 0 aliphatic heterocycles. The fourth-order valence-corrected chi connectivity index (χ4v) is 1.88. The van der Waals surface area contributed by atoms with Gasteiger partial charge in [-0.2, -0.15) is 0 Å². The van der Waals surface area contributed by atoms with Crippen molar-refractivity contribution in [3.8, 4) is 5.75 Å². The van der Waals surface area contributed by atoms with E-state index in [4.69, 9.17) is 4.18 Å². The van der Waals surface area contributed by atoms with Gasteiger partial charge in [0.15, 0.2) is 17.1 Å². The first-order valence-electron chi connectivity index (χ1n) is 5.43. The zero-order chi connectivity index (χ0) is 12.0. The molecule has 1 unspecified atom stereocenters. The Morgan fingerprint density at radius 3 is 2.75 bits per heavy atom. The molecule has 0 aliphatic rings. The maximum absolute atomic E-state index is 13.3. The molecule has 1 aromatic rings. The van der Waals surface area contributed by atoms with Gasteiger partial charge in [-0.15, -0.1) is 0 Å². The van der Waals surface area contributed by atoms with Crippen LogP contribution in [0.15, 0.2) is 18.2 Å². The number of hydrogen-bond acceptors (Lipinski definition) is 2. The Morgan fingerprint density at radius 1 is 1.38 bits per heavy atom. The van der Waals surface area contributed by atoms with Crippen LogP contribution in [0, 0.1) is 5.82 Å². The SMILES string of the molecule is CCCC(F)SOc1cc(CC)ccc1F. The molecule has 0 saturated carbocycles. The van der Waals surface area contributed by atoms with Crippen molar-refractivity contribution in [2.75, 3.05) is 0 Å². The average Bonchev–Trinajstić information content (AvgIpc) is 2.28. The maximum atomic E-state index is 13.3. The van der Waals surface area contributed by atoms with Crippen molar-refractivity contribution >= 4 is 12.0 Å². The molecule has 0 heterocycles. The second kappa shape index (κ2) is 6.74. The number of benzene rings is 1. The van der Waals surface area contributed by atoms with Crippen molar-refractivity contribution in [2.45, 2.75) is 38.6 Å². The van der Waals surface area contributed by atoms with E-state index in [1.54, 1.807) is 12.1 Å². The molecule has 0 amide bonds. The lowest BCUT2D eigenvalue weighted by Gasteiger charge is -2.09. The second-order valence-corrected chi connectivity index (χ2v) is 4.37. The fraction of sp³-hybridized carbons (Fsp3) is 0.500. The van der Waals surface area contributed by atoms with E-state index in [-0.39, 0.29) is 5.75 Å². The highest BCUT2D eigenvalue weighted by molar-refractivity contribution is 7.95. The molecule has 16 heavy (non-hydrogen) atoms. The fourth-order valence-electron chi connectivity index (χ4n) is 1.21. The Morgan fingerprint density at radius 2 is 2.12 bits per heavy atom. The van der Waals surface area contributed by atoms with E-state index in [2.05, 4.69) is 0 Å². The van der Waals surface area contributed by atoms with E-state index in [0.717, 1.165) is 18.4 Å². The van der Waals surface area contributed by atoms with Gasteiger partial charge in [-0.1, -0.05) is 26.3 Å². The molecule has 0 aliphatic carbocycles. The van der Waals surface area contributed by atoms with Gasteiger partial charge in [-0.05, 0) is 30.5 Å². The van der Waals surface area contributed by atoms with Crippen LogP contribution in [0.2, 0.25) is 0 Å². The van der Waals surface area contributed by atoms with Crippen molar-refractivity contribution in [1.29, 1.82) is 0 Å². The van der Waals surface area contributed by atoms with Crippen LogP contribution < -0.4 is 4.18 Å². The van der Waals surface area contributed by atoms with Crippen LogP contribution in [-0.2, 0) is 6.42 Å². The molecule has 0 radical (unpaired) electrons. The van der Waals surface area contributed by atoms with Crippen molar-refractivity contribution < 1.29 is 13.0 Å². The normalized spacial score (nSPS) is 12.5. The Balaban J connectivity index is 2.58. The minimum absolute atomic E-state index is 0.114. The molecule has 0 fully saturated rings. The summed E-state index contributed by atoms with van der Waals surface area (Å²) in [6, 6.07) is 4.66. The van der Waals surface area contributed by atoms with Crippen LogP contribution in [0.5, 0.6) is 5.75 Å². The molecule has 1 nitrogen and oxygen atoms in total. The Labute approximate surface area is 99.4 Å². The Hall–Kier alpha value is -0.770. The predicted molar refractivity (Wildman–Crippen MR) is 63.8 cm³/mol. The van der Waals surface area contributed by atoms with Gasteiger partial charge in [0.25, 0.3) is 0 Å². The van der Waals surface area contributed by atoms with E-state index in [1.807, 2.05) is 13.8 Å². The van der Waals surface area contributed by atoms with E-state index in [1.165, 1.54) is 6.07 Å². The lowest BCUT2D eigenvalue weighted by Crippen LogP contribution is -1.97. The average molecular weight is 246 g/mol. The molecule has 90 valence electrons. The zero-order valence-electron chi connectivity index (χ0n) is 9.50. The van der Waals surface area contributed by atoms with Gasteiger partial charge in [0.05, 0.1) is 12.0 Å². The van der Waals surface area contributed by atoms with Crippen LogP contribution in [-0.4, -0.2) is 5.50 Å². The van der Waals surface area contributed by atoms with E-state index in [9.17, 15) is 8.78 Å². The van der Waals surface area contributed by atoms with Crippen molar-refractivity contribution in [1.82, 2.24) is 0 Å². The minimum atomic E-state index is -1.10. The molecular weight excluding hydrogens is 230 g/mol. The maximum Gasteiger partial charge on any atom is 0.182 e. The molecule has 0 bridgehead atoms. The molecule has 1 atom stereocenters. The molecule has 4 heteroatoms. The summed E-state index contributed by atoms with van der Waals surface area (Å²) in [6.45, 7) is 3.87. The largest absolute Gasteiger partial charge is 0.420 e.